The number of likely N-dealkylation sites (N-methyl/N-ethyl adjacent to an activating group) is 1. The van der Waals surface area contributed by atoms with Gasteiger partial charge in [-0.25, -0.2) is 9.78 Å². The van der Waals surface area contributed by atoms with Crippen molar-refractivity contribution in [2.24, 2.45) is 0 Å². The van der Waals surface area contributed by atoms with Crippen molar-refractivity contribution in [2.45, 2.75) is 13.2 Å². The van der Waals surface area contributed by atoms with Crippen LogP contribution in [0.1, 0.15) is 11.1 Å². The largest absolute Gasteiger partial charge is 0.492 e. The van der Waals surface area contributed by atoms with Gasteiger partial charge in [0, 0.05) is 13.6 Å². The minimum atomic E-state index is -1.11. The number of anilines is 1. The number of rotatable bonds is 11. The zero-order valence-corrected chi connectivity index (χ0v) is 20.7. The van der Waals surface area contributed by atoms with Crippen molar-refractivity contribution in [3.63, 3.8) is 0 Å². The number of fused-ring (bicyclic) bond motifs is 1. The number of nitrogens with zero attached hydrogens (tertiary/aromatic N) is 3. The van der Waals surface area contributed by atoms with E-state index in [1.54, 1.807) is 17.4 Å². The summed E-state index contributed by atoms with van der Waals surface area (Å²) in [7, 11) is 1.97. The van der Waals surface area contributed by atoms with Crippen LogP contribution in [0.5, 0.6) is 5.75 Å². The molecule has 4 aromatic rings. The van der Waals surface area contributed by atoms with Crippen LogP contribution in [0.4, 0.5) is 9.93 Å². The maximum absolute atomic E-state index is 12.6. The number of carboxylic acid groups (broad SMARTS) is 1. The van der Waals surface area contributed by atoms with Crippen molar-refractivity contribution >= 4 is 38.7 Å². The molecule has 8 nitrogen and oxygen atoms in total. The normalized spacial score (nSPS) is 10.7. The van der Waals surface area contributed by atoms with Gasteiger partial charge in [0.1, 0.15) is 25.5 Å². The molecule has 0 atom stereocenters. The molecule has 1 heterocycles. The molecule has 0 spiro atoms. The lowest BCUT2D eigenvalue weighted by atomic mass is 10.2. The molecule has 0 bridgehead atoms. The van der Waals surface area contributed by atoms with Gasteiger partial charge in [0.15, 0.2) is 5.13 Å². The fourth-order valence-corrected chi connectivity index (χ4v) is 4.48. The minimum absolute atomic E-state index is 0.0706. The van der Waals surface area contributed by atoms with Crippen LogP contribution in [-0.4, -0.2) is 53.8 Å². The number of aromatic nitrogens is 1. The van der Waals surface area contributed by atoms with E-state index in [0.29, 0.717) is 18.9 Å². The maximum atomic E-state index is 12.6. The van der Waals surface area contributed by atoms with Crippen LogP contribution in [0.2, 0.25) is 0 Å². The van der Waals surface area contributed by atoms with Crippen molar-refractivity contribution in [2.75, 3.05) is 31.6 Å². The molecule has 3 aromatic carbocycles. The van der Waals surface area contributed by atoms with E-state index < -0.39 is 18.6 Å². The fraction of sp³-hybridized carbons (Fsp3) is 0.222. The van der Waals surface area contributed by atoms with Crippen LogP contribution < -0.4 is 9.64 Å². The van der Waals surface area contributed by atoms with Gasteiger partial charge in [-0.05, 0) is 35.4 Å². The smallest absolute Gasteiger partial charge is 0.410 e. The number of ether oxygens (including phenoxy) is 2. The van der Waals surface area contributed by atoms with Crippen LogP contribution in [0.3, 0.4) is 0 Å². The Hall–Kier alpha value is -4.11. The van der Waals surface area contributed by atoms with Gasteiger partial charge in [0.2, 0.25) is 0 Å². The Bertz CT molecular complexity index is 1280. The Morgan fingerprint density at radius 3 is 2.50 bits per heavy atom. The highest BCUT2D eigenvalue weighted by Gasteiger charge is 2.19. The molecule has 36 heavy (non-hydrogen) atoms. The lowest BCUT2D eigenvalue weighted by Gasteiger charge is -2.21. The summed E-state index contributed by atoms with van der Waals surface area (Å²) in [6, 6.07) is 24.5. The van der Waals surface area contributed by atoms with Gasteiger partial charge in [-0.15, -0.1) is 0 Å². The molecule has 0 unspecified atom stereocenters. The summed E-state index contributed by atoms with van der Waals surface area (Å²) in [5, 5.41) is 10.2. The zero-order chi connectivity index (χ0) is 25.3. The number of carbonyl (C=O) groups excluding carboxylic acids is 1. The molecule has 1 amide bonds. The number of aliphatic carboxylic acids is 1. The van der Waals surface area contributed by atoms with Crippen molar-refractivity contribution in [3.05, 3.63) is 90.0 Å². The van der Waals surface area contributed by atoms with Gasteiger partial charge < -0.3 is 19.5 Å². The molecular weight excluding hydrogens is 478 g/mol. The number of para-hydroxylation sites is 1. The number of benzene rings is 3. The molecule has 0 aliphatic heterocycles. The van der Waals surface area contributed by atoms with Crippen molar-refractivity contribution in [1.82, 2.24) is 9.88 Å². The molecule has 0 aliphatic rings. The molecule has 0 aliphatic carbocycles. The lowest BCUT2D eigenvalue weighted by molar-refractivity contribution is -0.138. The van der Waals surface area contributed by atoms with Crippen LogP contribution >= 0.6 is 11.3 Å². The summed E-state index contributed by atoms with van der Waals surface area (Å²) in [6.07, 6.45) is -0.690. The summed E-state index contributed by atoms with van der Waals surface area (Å²) in [6.45, 7) is 0.768. The summed E-state index contributed by atoms with van der Waals surface area (Å²) in [5.41, 5.74) is 2.54. The van der Waals surface area contributed by atoms with E-state index in [-0.39, 0.29) is 13.2 Å². The number of thiazole rings is 1. The Morgan fingerprint density at radius 1 is 0.972 bits per heavy atom. The topological polar surface area (TPSA) is 92.2 Å². The molecule has 1 N–H and O–H groups in total. The molecule has 0 fully saturated rings. The van der Waals surface area contributed by atoms with E-state index in [4.69, 9.17) is 9.47 Å². The molecular formula is C27H27N3O5S. The van der Waals surface area contributed by atoms with E-state index >= 15 is 0 Å². The second-order valence-electron chi connectivity index (χ2n) is 8.17. The first-order chi connectivity index (χ1) is 17.5. The third kappa shape index (κ3) is 6.96. The molecule has 0 saturated heterocycles. The van der Waals surface area contributed by atoms with Gasteiger partial charge in [-0.1, -0.05) is 65.9 Å². The van der Waals surface area contributed by atoms with Crippen molar-refractivity contribution in [3.8, 4) is 5.75 Å². The highest BCUT2D eigenvalue weighted by molar-refractivity contribution is 7.22. The number of hydrogen-bond donors (Lipinski definition) is 1. The molecule has 4 rings (SSSR count). The summed E-state index contributed by atoms with van der Waals surface area (Å²) >= 11 is 1.63. The van der Waals surface area contributed by atoms with Crippen molar-refractivity contribution in [1.29, 1.82) is 0 Å². The summed E-state index contributed by atoms with van der Waals surface area (Å²) in [5.74, 6) is -0.477. The van der Waals surface area contributed by atoms with Gasteiger partial charge in [-0.2, -0.15) is 0 Å². The average molecular weight is 506 g/mol. The van der Waals surface area contributed by atoms with E-state index in [9.17, 15) is 14.7 Å². The molecule has 1 aromatic heterocycles. The second-order valence-corrected chi connectivity index (χ2v) is 9.18. The second kappa shape index (κ2) is 12.0. The number of amides is 1. The van der Waals surface area contributed by atoms with E-state index in [2.05, 4.69) is 11.1 Å². The number of hydrogen-bond acceptors (Lipinski definition) is 7. The Labute approximate surface area is 213 Å². The number of carbonyl (C=O) groups is 2. The van der Waals surface area contributed by atoms with Gasteiger partial charge in [-0.3, -0.25) is 9.69 Å². The van der Waals surface area contributed by atoms with E-state index in [0.717, 1.165) is 31.4 Å². The van der Waals surface area contributed by atoms with Crippen molar-refractivity contribution < 1.29 is 24.2 Å². The highest BCUT2D eigenvalue weighted by Crippen LogP contribution is 2.27. The Kier molecular flexibility index (Phi) is 8.36. The van der Waals surface area contributed by atoms with Crippen LogP contribution in [-0.2, 0) is 22.7 Å². The average Bonchev–Trinajstić information content (AvgIpc) is 3.32. The van der Waals surface area contributed by atoms with Gasteiger partial charge in [0.05, 0.1) is 16.8 Å². The SMILES string of the molecule is CN(CCOc1cccc(CN(CC(=O)O)C(=O)OCc2ccccc2)c1)c1nc2ccccc2s1. The Morgan fingerprint density at radius 2 is 1.72 bits per heavy atom. The third-order valence-electron chi connectivity index (χ3n) is 5.37. The lowest BCUT2D eigenvalue weighted by Crippen LogP contribution is -2.35. The minimum Gasteiger partial charge on any atom is -0.492 e. The number of carboxylic acids is 1. The molecule has 0 radical (unpaired) electrons. The van der Waals surface area contributed by atoms with Gasteiger partial charge in [0.25, 0.3) is 0 Å². The van der Waals surface area contributed by atoms with E-state index in [1.165, 1.54) is 0 Å². The summed E-state index contributed by atoms with van der Waals surface area (Å²) < 4.78 is 12.4. The van der Waals surface area contributed by atoms with E-state index in [1.807, 2.05) is 78.7 Å². The standard InChI is InChI=1S/C27H27N3O5S/c1-29(26-28-23-12-5-6-13-24(23)36-26)14-15-34-22-11-7-10-21(16-22)17-30(18-25(31)32)27(33)35-19-20-8-3-2-4-9-20/h2-13,16H,14-15,17-19H2,1H3,(H,31,32). The maximum Gasteiger partial charge on any atom is 0.410 e. The fourth-order valence-electron chi connectivity index (χ4n) is 3.53. The van der Waals surface area contributed by atoms with Gasteiger partial charge >= 0.3 is 12.1 Å². The summed E-state index contributed by atoms with van der Waals surface area (Å²) in [4.78, 5) is 31.8. The molecule has 186 valence electrons. The first-order valence-electron chi connectivity index (χ1n) is 11.4. The predicted molar refractivity (Wildman–Crippen MR) is 139 cm³/mol. The molecule has 9 heteroatoms. The Balaban J connectivity index is 1.32. The quantitative estimate of drug-likeness (QED) is 0.305. The first kappa shape index (κ1) is 25.0. The van der Waals surface area contributed by atoms with Crippen LogP contribution in [0, 0.1) is 0 Å². The highest BCUT2D eigenvalue weighted by atomic mass is 32.1. The monoisotopic (exact) mass is 505 g/mol. The zero-order valence-electron chi connectivity index (χ0n) is 19.9. The predicted octanol–water partition coefficient (Wildman–Crippen LogP) is 5.03. The first-order valence-corrected chi connectivity index (χ1v) is 12.3. The van der Waals surface area contributed by atoms with Crippen LogP contribution in [0.25, 0.3) is 10.2 Å². The molecule has 0 saturated carbocycles. The third-order valence-corrected chi connectivity index (χ3v) is 6.52. The van der Waals surface area contributed by atoms with Crippen LogP contribution in [0.15, 0.2) is 78.9 Å².